The molecule has 0 bridgehead atoms. The van der Waals surface area contributed by atoms with Crippen molar-refractivity contribution in [3.8, 4) is 28.3 Å². The van der Waals surface area contributed by atoms with Crippen LogP contribution in [-0.2, 0) is 16.1 Å². The molecule has 0 N–H and O–H groups in total. The maximum Gasteiger partial charge on any atom is 0.355 e. The van der Waals surface area contributed by atoms with Crippen molar-refractivity contribution in [2.75, 3.05) is 0 Å². The van der Waals surface area contributed by atoms with Crippen molar-refractivity contribution in [2.45, 2.75) is 39.0 Å². The van der Waals surface area contributed by atoms with Crippen LogP contribution in [0.2, 0.25) is 0 Å². The van der Waals surface area contributed by atoms with Crippen LogP contribution in [0.15, 0.2) is 95.4 Å². The second-order valence-corrected chi connectivity index (χ2v) is 9.00. The molecule has 1 heterocycles. The zero-order chi connectivity index (χ0) is 24.7. The summed E-state index contributed by atoms with van der Waals surface area (Å²) in [5.41, 5.74) is 5.13. The van der Waals surface area contributed by atoms with Gasteiger partial charge in [0, 0.05) is 23.1 Å². The van der Waals surface area contributed by atoms with Crippen molar-refractivity contribution in [3.05, 3.63) is 102 Å². The largest absolute Gasteiger partial charge is 0.436 e. The van der Waals surface area contributed by atoms with E-state index in [0.717, 1.165) is 59.4 Å². The molecule has 0 fully saturated rings. The predicted molar refractivity (Wildman–Crippen MR) is 140 cm³/mol. The summed E-state index contributed by atoms with van der Waals surface area (Å²) in [5.74, 6) is 1.89. The quantitative estimate of drug-likeness (QED) is 0.182. The van der Waals surface area contributed by atoms with Crippen molar-refractivity contribution in [1.29, 1.82) is 0 Å². The van der Waals surface area contributed by atoms with Gasteiger partial charge in [0.15, 0.2) is 11.5 Å². The topological polar surface area (TPSA) is 61.6 Å². The molecule has 5 rings (SSSR count). The lowest BCUT2D eigenvalue weighted by molar-refractivity contribution is -0.213. The maximum atomic E-state index is 11.6. The zero-order valence-electron chi connectivity index (χ0n) is 20.4. The highest BCUT2D eigenvalue weighted by Gasteiger charge is 2.27. The molecule has 4 aromatic rings. The molecule has 0 amide bonds. The Hall–Kier alpha value is -4.12. The van der Waals surface area contributed by atoms with Crippen LogP contribution in [-0.4, -0.2) is 11.0 Å². The van der Waals surface area contributed by atoms with Gasteiger partial charge in [-0.3, -0.25) is 9.78 Å². The Morgan fingerprint density at radius 1 is 0.972 bits per heavy atom. The summed E-state index contributed by atoms with van der Waals surface area (Å²) in [6.07, 6.45) is 6.12. The number of carbonyl (C=O) groups is 1. The fourth-order valence-electron chi connectivity index (χ4n) is 4.61. The molecule has 0 saturated carbocycles. The number of hydrogen-bond acceptors (Lipinski definition) is 5. The Morgan fingerprint density at radius 2 is 1.72 bits per heavy atom. The van der Waals surface area contributed by atoms with E-state index in [9.17, 15) is 4.79 Å². The molecule has 5 nitrogen and oxygen atoms in total. The first-order valence-electron chi connectivity index (χ1n) is 12.5. The number of benzene rings is 3. The van der Waals surface area contributed by atoms with Crippen LogP contribution in [0.25, 0.3) is 28.2 Å². The van der Waals surface area contributed by atoms with Gasteiger partial charge in [0.25, 0.3) is 0 Å². The normalized spacial score (nSPS) is 14.9. The fraction of sp³-hybridized carbons (Fsp3) is 0.226. The van der Waals surface area contributed by atoms with E-state index >= 15 is 0 Å². The van der Waals surface area contributed by atoms with E-state index in [1.54, 1.807) is 6.07 Å². The van der Waals surface area contributed by atoms with E-state index in [0.29, 0.717) is 18.1 Å². The minimum Gasteiger partial charge on any atom is -0.436 e. The van der Waals surface area contributed by atoms with Gasteiger partial charge in [0.05, 0.1) is 0 Å². The average Bonchev–Trinajstić information content (AvgIpc) is 3.56. The Bertz CT molecular complexity index is 1280. The fourth-order valence-corrected chi connectivity index (χ4v) is 4.61. The Morgan fingerprint density at radius 3 is 2.47 bits per heavy atom. The van der Waals surface area contributed by atoms with Crippen molar-refractivity contribution >= 4 is 11.5 Å². The van der Waals surface area contributed by atoms with Crippen LogP contribution in [0.1, 0.15) is 44.1 Å². The summed E-state index contributed by atoms with van der Waals surface area (Å²) in [6.45, 7) is 1.92. The second-order valence-electron chi connectivity index (χ2n) is 9.00. The second kappa shape index (κ2) is 11.1. The lowest BCUT2D eigenvalue weighted by Crippen LogP contribution is -2.08. The minimum atomic E-state index is -0.365. The number of aromatic nitrogens is 1. The third-order valence-electron chi connectivity index (χ3n) is 6.34. The maximum absolute atomic E-state index is 11.6. The third kappa shape index (κ3) is 5.41. The first kappa shape index (κ1) is 23.6. The van der Waals surface area contributed by atoms with Gasteiger partial charge in [-0.1, -0.05) is 85.8 Å². The van der Waals surface area contributed by atoms with Gasteiger partial charge in [-0.25, -0.2) is 9.78 Å². The molecule has 0 aliphatic heterocycles. The van der Waals surface area contributed by atoms with Crippen molar-refractivity contribution in [1.82, 2.24) is 4.98 Å². The molecule has 0 saturated heterocycles. The molecule has 5 heteroatoms. The molecule has 0 unspecified atom stereocenters. The Labute approximate surface area is 211 Å². The highest BCUT2D eigenvalue weighted by Crippen LogP contribution is 2.40. The molecular formula is C31H29NO4. The monoisotopic (exact) mass is 479 g/mol. The van der Waals surface area contributed by atoms with Gasteiger partial charge >= 0.3 is 5.97 Å². The van der Waals surface area contributed by atoms with Crippen LogP contribution in [0, 0.1) is 5.92 Å². The molecular weight excluding hydrogens is 450 g/mol. The summed E-state index contributed by atoms with van der Waals surface area (Å²) in [7, 11) is 0. The number of oxazole rings is 1. The van der Waals surface area contributed by atoms with Gasteiger partial charge in [0.1, 0.15) is 5.69 Å². The highest BCUT2D eigenvalue weighted by atomic mass is 17.2. The van der Waals surface area contributed by atoms with Crippen LogP contribution < -0.4 is 4.89 Å². The summed E-state index contributed by atoms with van der Waals surface area (Å²) < 4.78 is 6.46. The number of allylic oxidation sites excluding steroid dienone is 2. The van der Waals surface area contributed by atoms with Gasteiger partial charge in [-0.2, -0.15) is 0 Å². The zero-order valence-corrected chi connectivity index (χ0v) is 20.4. The van der Waals surface area contributed by atoms with E-state index < -0.39 is 0 Å². The standard InChI is InChI=1S/C31H29NO4/c1-2-11-28(33)36-35-26-18-9-12-22(21-26)20-25-17-10-19-27(25)31-32-29(23-13-5-3-6-14-23)30(34-31)24-15-7-4-8-16-24/h3-9,12-16,18-19,21,25H,2,10-11,17,20H2,1H3/t25-/m0/s1. The molecule has 36 heavy (non-hydrogen) atoms. The molecule has 0 spiro atoms. The van der Waals surface area contributed by atoms with Gasteiger partial charge in [-0.15, -0.1) is 0 Å². The molecule has 1 aliphatic rings. The molecule has 1 aromatic heterocycles. The first-order valence-corrected chi connectivity index (χ1v) is 12.5. The summed E-state index contributed by atoms with van der Waals surface area (Å²) in [6, 6.07) is 28.0. The van der Waals surface area contributed by atoms with E-state index in [2.05, 4.69) is 36.4 Å². The molecule has 1 atom stereocenters. The van der Waals surface area contributed by atoms with E-state index in [4.69, 9.17) is 19.2 Å². The minimum absolute atomic E-state index is 0.272. The van der Waals surface area contributed by atoms with Crippen molar-refractivity contribution in [2.24, 2.45) is 5.92 Å². The lowest BCUT2D eigenvalue weighted by Gasteiger charge is -2.13. The number of hydrogen-bond donors (Lipinski definition) is 0. The van der Waals surface area contributed by atoms with Crippen LogP contribution in [0.3, 0.4) is 0 Å². The van der Waals surface area contributed by atoms with E-state index in [-0.39, 0.29) is 11.9 Å². The van der Waals surface area contributed by atoms with Gasteiger partial charge < -0.3 is 4.42 Å². The van der Waals surface area contributed by atoms with Crippen LogP contribution >= 0.6 is 0 Å². The number of nitrogens with zero attached hydrogens (tertiary/aromatic N) is 1. The first-order chi connectivity index (χ1) is 17.7. The van der Waals surface area contributed by atoms with Crippen molar-refractivity contribution in [3.63, 3.8) is 0 Å². The lowest BCUT2D eigenvalue weighted by atomic mass is 9.93. The summed E-state index contributed by atoms with van der Waals surface area (Å²) in [4.78, 5) is 26.8. The summed E-state index contributed by atoms with van der Waals surface area (Å²) >= 11 is 0. The Balaban J connectivity index is 1.39. The molecule has 1 aliphatic carbocycles. The molecule has 182 valence electrons. The third-order valence-corrected chi connectivity index (χ3v) is 6.34. The summed E-state index contributed by atoms with van der Waals surface area (Å²) in [5, 5.41) is 0. The Kier molecular flexibility index (Phi) is 7.27. The highest BCUT2D eigenvalue weighted by molar-refractivity contribution is 5.79. The van der Waals surface area contributed by atoms with E-state index in [1.165, 1.54) is 0 Å². The molecule has 3 aromatic carbocycles. The SMILES string of the molecule is CCCC(=O)OOc1cccc(C[C@@H]2CCC=C2c2nc(-c3ccccc3)c(-c3ccccc3)o2)c1. The average molecular weight is 480 g/mol. The van der Waals surface area contributed by atoms with Crippen molar-refractivity contribution < 1.29 is 19.0 Å². The van der Waals surface area contributed by atoms with E-state index in [1.807, 2.05) is 55.5 Å². The smallest absolute Gasteiger partial charge is 0.355 e. The van der Waals surface area contributed by atoms with Crippen LogP contribution in [0.5, 0.6) is 5.75 Å². The van der Waals surface area contributed by atoms with Crippen LogP contribution in [0.4, 0.5) is 0 Å². The van der Waals surface area contributed by atoms with Gasteiger partial charge in [0.2, 0.25) is 5.89 Å². The molecule has 0 radical (unpaired) electrons. The number of rotatable bonds is 9. The predicted octanol–water partition coefficient (Wildman–Crippen LogP) is 7.68. The number of carbonyl (C=O) groups excluding carboxylic acids is 1. The van der Waals surface area contributed by atoms with Gasteiger partial charge in [-0.05, 0) is 49.3 Å².